The molecule has 0 saturated carbocycles. The largest absolute Gasteiger partial charge is 3.00 e. The Labute approximate surface area is 939 Å². The third kappa shape index (κ3) is 39.3. The topological polar surface area (TPSA) is 617 Å². The van der Waals surface area contributed by atoms with Crippen LogP contribution in [-0.4, -0.2) is 224 Å². The van der Waals surface area contributed by atoms with Crippen molar-refractivity contribution in [3.63, 3.8) is 0 Å². The number of carboxylic acids is 12. The van der Waals surface area contributed by atoms with Crippen LogP contribution in [0.25, 0.3) is 102 Å². The zero-order valence-corrected chi connectivity index (χ0v) is 81.0. The molecule has 0 aliphatic rings. The molecule has 0 bridgehead atoms. The minimum absolute atomic E-state index is 0. The molecule has 0 spiro atoms. The third-order valence-corrected chi connectivity index (χ3v) is 18.7. The van der Waals surface area contributed by atoms with Crippen LogP contribution in [0.3, 0.4) is 0 Å². The van der Waals surface area contributed by atoms with Gasteiger partial charge < -0.3 is 119 Å². The number of pyridine rings is 9. The summed E-state index contributed by atoms with van der Waals surface area (Å²) in [6, 6.07) is 69.0. The van der Waals surface area contributed by atoms with Crippen molar-refractivity contribution in [3.8, 4) is 102 Å². The van der Waals surface area contributed by atoms with Crippen LogP contribution in [0, 0.1) is 198 Å². The van der Waals surface area contributed by atoms with E-state index < -0.39 is 150 Å². The molecule has 39 nitrogen and oxygen atoms in total. The molecule has 0 amide bonds. The van der Waals surface area contributed by atoms with E-state index in [1.807, 2.05) is 91.0 Å². The number of benzene rings is 3. The normalized spacial score (nSPS) is 10.7. The Hall–Kier alpha value is -10.3. The van der Waals surface area contributed by atoms with E-state index >= 15 is 0 Å². The summed E-state index contributed by atoms with van der Waals surface area (Å²) in [5.74, 6) is -17.3. The van der Waals surface area contributed by atoms with E-state index in [1.165, 1.54) is 0 Å². The van der Waals surface area contributed by atoms with E-state index in [0.29, 0.717) is 102 Å². The number of carboxylic acid groups (broad SMARTS) is 12. The zero-order chi connectivity index (χ0) is 94.9. The van der Waals surface area contributed by atoms with Gasteiger partial charge in [-0.1, -0.05) is 127 Å². The monoisotopic (exact) mass is 2400 g/mol. The Morgan fingerprint density at radius 3 is 0.485 bits per heavy atom. The minimum atomic E-state index is -1.45. The van der Waals surface area contributed by atoms with Crippen molar-refractivity contribution in [2.75, 3.05) is 78.5 Å². The van der Waals surface area contributed by atoms with Gasteiger partial charge in [0.15, 0.2) is 0 Å². The van der Waals surface area contributed by atoms with Crippen molar-refractivity contribution < 1.29 is 316 Å². The van der Waals surface area contributed by atoms with Crippen LogP contribution in [-0.2, 0) is 96.8 Å². The van der Waals surface area contributed by atoms with Gasteiger partial charge in [-0.05, 0) is 143 Å². The Bertz CT molecular complexity index is 5510. The molecule has 0 saturated heterocycles. The van der Waals surface area contributed by atoms with E-state index in [0.717, 1.165) is 62.8 Å². The first-order valence-electron chi connectivity index (χ1n) is 39.9. The predicted octanol–water partition coefficient (Wildman–Crippen LogP) is -7.57. The maximum Gasteiger partial charge on any atom is 3.00 e. The number of hydrogen-bond acceptors (Lipinski definition) is 39. The second-order valence-corrected chi connectivity index (χ2v) is 29.4. The summed E-state index contributed by atoms with van der Waals surface area (Å²) in [6.45, 7) is -8.19. The summed E-state index contributed by atoms with van der Waals surface area (Å²) in [5, 5.41) is 134. The fourth-order valence-corrected chi connectivity index (χ4v) is 13.7. The molecule has 3 aromatic carbocycles. The predicted molar refractivity (Wildman–Crippen MR) is 440 cm³/mol. The van der Waals surface area contributed by atoms with Crippen LogP contribution in [0.15, 0.2) is 237 Å². The smallest absolute Gasteiger partial charge is 0.549 e. The van der Waals surface area contributed by atoms with Crippen molar-refractivity contribution in [1.82, 2.24) is 74.3 Å². The van der Waals surface area contributed by atoms with E-state index in [1.54, 1.807) is 146 Å². The van der Waals surface area contributed by atoms with Gasteiger partial charge in [-0.3, -0.25) is 29.4 Å². The number of nitrogens with zero attached hydrogens (tertiary/aromatic N) is 15. The first kappa shape index (κ1) is 114. The number of carbonyl (C=O) groups is 12. The summed E-state index contributed by atoms with van der Waals surface area (Å²) >= 11 is 0. The standard InChI is InChI=1S/3C31H29N5O8.4Eu/c3*37-28(38)16-35(17-29(39)40)14-22-8-4-9-24(32-22)25-10-5-11-26(34-25)27-13-21(20-6-2-1-3-7-20)12-23(33-27)15-36(18-30(41)42)19-31(43)44;;;;/h3*1-13H,14-19H2,(H,37,38)(H,39,40)(H,41,42)(H,43,44);;;;/q;;;4*+3/p-12. The first-order valence-corrected chi connectivity index (χ1v) is 39.9. The zero-order valence-electron chi connectivity index (χ0n) is 71.3. The molecule has 0 fully saturated rings. The second-order valence-electron chi connectivity index (χ2n) is 29.4. The van der Waals surface area contributed by atoms with E-state index in [9.17, 15) is 119 Å². The van der Waals surface area contributed by atoms with Crippen LogP contribution < -0.4 is 61.3 Å². The summed E-state index contributed by atoms with van der Waals surface area (Å²) in [6.07, 6.45) is 0. The van der Waals surface area contributed by atoms with Crippen molar-refractivity contribution in [2.45, 2.75) is 39.3 Å². The van der Waals surface area contributed by atoms with Gasteiger partial charge in [-0.25, -0.2) is 44.9 Å². The Kier molecular flexibility index (Phi) is 48.7. The molecule has 9 aromatic heterocycles. The molecule has 43 heteroatoms. The van der Waals surface area contributed by atoms with Gasteiger partial charge in [-0.2, -0.15) is 0 Å². The summed E-state index contributed by atoms with van der Waals surface area (Å²) in [5.41, 5.74) is 12.3. The van der Waals surface area contributed by atoms with Gasteiger partial charge in [0, 0.05) is 118 Å². The molecule has 0 radical (unpaired) electrons. The molecule has 0 aliphatic carbocycles. The van der Waals surface area contributed by atoms with E-state index in [2.05, 4.69) is 29.9 Å². The van der Waals surface area contributed by atoms with E-state index in [4.69, 9.17) is 15.0 Å². The number of hydrogen-bond donors (Lipinski definition) is 0. The molecule has 0 aliphatic heterocycles. The minimum Gasteiger partial charge on any atom is -0.549 e. The van der Waals surface area contributed by atoms with Crippen LogP contribution in [0.5, 0.6) is 0 Å². The van der Waals surface area contributed by atoms with Gasteiger partial charge in [0.1, 0.15) is 0 Å². The molecule has 12 aromatic rings. The molecular weight excluding hydrogens is 2320 g/mol. The quantitative estimate of drug-likeness (QED) is 0.0342. The Balaban J connectivity index is 0.000000309. The Morgan fingerprint density at radius 2 is 0.309 bits per heavy atom. The first-order chi connectivity index (χ1) is 63.1. The Morgan fingerprint density at radius 1 is 0.162 bits per heavy atom. The van der Waals surface area contributed by atoms with Gasteiger partial charge >= 0.3 is 198 Å². The SMILES string of the molecule is O=C([O-])CN(CC(=O)[O-])Cc1cccc(-c2cccc(-c3cc(-c4ccccc4)cc(CN(CC(=O)[O-])CC(=O)[O-])n3)n2)n1.O=C([O-])CN(CC(=O)[O-])Cc1cccc(-c2cccc(-c3cc(-c4ccccc4)cc(CN(CC(=O)[O-])CC(=O)[O-])n3)n2)n1.O=C([O-])CN(CC(=O)[O-])Cc1cccc(-c2cccc(-c3cc(-c4ccccc4)cc(CN(CC(=O)[O-])CC(=O)[O-])n3)n2)n1.[Eu+3].[Eu+3].[Eu+3].[Eu+3]. The molecule has 0 N–H and O–H groups in total. The molecule has 9 heterocycles. The summed E-state index contributed by atoms with van der Waals surface area (Å²) in [4.78, 5) is 182. The van der Waals surface area contributed by atoms with Crippen molar-refractivity contribution >= 4 is 71.6 Å². The van der Waals surface area contributed by atoms with Gasteiger partial charge in [0.25, 0.3) is 0 Å². The molecule has 0 atom stereocenters. The summed E-state index contributed by atoms with van der Waals surface area (Å²) < 4.78 is 0. The van der Waals surface area contributed by atoms with Gasteiger partial charge in [-0.15, -0.1) is 0 Å². The van der Waals surface area contributed by atoms with Gasteiger partial charge in [0.05, 0.1) is 174 Å². The second kappa shape index (κ2) is 57.8. The number of aliphatic carboxylic acids is 12. The maximum absolute atomic E-state index is 11.2. The van der Waals surface area contributed by atoms with Crippen LogP contribution in [0.4, 0.5) is 0 Å². The average Bonchev–Trinajstić information content (AvgIpc) is 0.808. The van der Waals surface area contributed by atoms with Crippen molar-refractivity contribution in [1.29, 1.82) is 0 Å². The molecular formula is C93H75Eu4N15O24. The fraction of sp³-hybridized carbons (Fsp3) is 0.194. The van der Waals surface area contributed by atoms with Crippen molar-refractivity contribution in [2.24, 2.45) is 0 Å². The summed E-state index contributed by atoms with van der Waals surface area (Å²) in [7, 11) is 0. The van der Waals surface area contributed by atoms with Gasteiger partial charge in [0.2, 0.25) is 0 Å². The molecule has 12 rings (SSSR count). The van der Waals surface area contributed by atoms with Crippen LogP contribution in [0.1, 0.15) is 34.2 Å². The fourth-order valence-electron chi connectivity index (χ4n) is 13.7. The van der Waals surface area contributed by atoms with Crippen LogP contribution in [0.2, 0.25) is 0 Å². The molecule has 694 valence electrons. The molecule has 136 heavy (non-hydrogen) atoms. The van der Waals surface area contributed by atoms with Crippen molar-refractivity contribution in [3.05, 3.63) is 271 Å². The molecule has 0 unspecified atom stereocenters. The maximum atomic E-state index is 11.2. The number of carbonyl (C=O) groups excluding carboxylic acids is 12. The third-order valence-electron chi connectivity index (χ3n) is 18.7. The number of aromatic nitrogens is 9. The van der Waals surface area contributed by atoms with E-state index in [-0.39, 0.29) is 237 Å². The average molecular weight is 2390 g/mol. The number of rotatable bonds is 45. The van der Waals surface area contributed by atoms with Crippen LogP contribution >= 0.6 is 0 Å².